The molecule has 0 spiro atoms. The van der Waals surface area contributed by atoms with Crippen LogP contribution in [0.25, 0.3) is 0 Å². The topological polar surface area (TPSA) is 44.8 Å². The van der Waals surface area contributed by atoms with Crippen LogP contribution in [0.5, 0.6) is 0 Å². The van der Waals surface area contributed by atoms with Crippen LogP contribution in [-0.2, 0) is 9.53 Å². The van der Waals surface area contributed by atoms with Crippen LogP contribution in [0.1, 0.15) is 19.3 Å². The third kappa shape index (κ3) is 2.84. The Bertz CT molecular complexity index is 290. The van der Waals surface area contributed by atoms with Gasteiger partial charge >= 0.3 is 0 Å². The van der Waals surface area contributed by atoms with E-state index in [0.717, 1.165) is 58.5 Å². The van der Waals surface area contributed by atoms with Gasteiger partial charge in [-0.05, 0) is 45.9 Å². The fraction of sp³-hybridized carbons (Fsp3) is 0.923. The maximum Gasteiger partial charge on any atom is 0.254 e. The standard InChI is InChI=1S/C13H25N3O2/c1-15-8-3-9-16(11-10-15)12(17)13(18-2)4-6-14-7-5-13/h14H,3-11H2,1-2H3. The fourth-order valence-electron chi connectivity index (χ4n) is 2.87. The van der Waals surface area contributed by atoms with Crippen LogP contribution in [0.4, 0.5) is 0 Å². The molecule has 0 aromatic heterocycles. The zero-order valence-corrected chi connectivity index (χ0v) is 11.6. The molecule has 18 heavy (non-hydrogen) atoms. The largest absolute Gasteiger partial charge is 0.368 e. The summed E-state index contributed by atoms with van der Waals surface area (Å²) in [6.07, 6.45) is 2.63. The van der Waals surface area contributed by atoms with Crippen LogP contribution in [0.3, 0.4) is 0 Å². The van der Waals surface area contributed by atoms with Crippen molar-refractivity contribution >= 4 is 5.91 Å². The number of nitrogens with one attached hydrogen (secondary N) is 1. The minimum absolute atomic E-state index is 0.196. The van der Waals surface area contributed by atoms with Crippen LogP contribution < -0.4 is 5.32 Å². The molecule has 0 aromatic rings. The molecule has 2 heterocycles. The molecule has 0 saturated carbocycles. The van der Waals surface area contributed by atoms with Crippen LogP contribution in [0.15, 0.2) is 0 Å². The van der Waals surface area contributed by atoms with Gasteiger partial charge in [0.2, 0.25) is 0 Å². The first-order valence-corrected chi connectivity index (χ1v) is 6.92. The highest BCUT2D eigenvalue weighted by Gasteiger charge is 2.42. The Morgan fingerprint density at radius 2 is 1.89 bits per heavy atom. The van der Waals surface area contributed by atoms with Crippen molar-refractivity contribution in [2.75, 3.05) is 53.4 Å². The number of amides is 1. The van der Waals surface area contributed by atoms with Gasteiger partial charge in [0, 0.05) is 26.7 Å². The van der Waals surface area contributed by atoms with Crippen LogP contribution in [0.2, 0.25) is 0 Å². The lowest BCUT2D eigenvalue weighted by Gasteiger charge is -2.38. The number of rotatable bonds is 2. The van der Waals surface area contributed by atoms with Gasteiger partial charge in [0.1, 0.15) is 5.60 Å². The van der Waals surface area contributed by atoms with Crippen LogP contribution >= 0.6 is 0 Å². The molecule has 5 nitrogen and oxygen atoms in total. The number of nitrogens with zero attached hydrogens (tertiary/aromatic N) is 2. The number of hydrogen-bond donors (Lipinski definition) is 1. The number of carbonyl (C=O) groups excluding carboxylic acids is 1. The lowest BCUT2D eigenvalue weighted by Crippen LogP contribution is -2.55. The summed E-state index contributed by atoms with van der Waals surface area (Å²) in [6.45, 7) is 5.46. The zero-order chi connectivity index (χ0) is 13.0. The Kier molecular flexibility index (Phi) is 4.59. The SMILES string of the molecule is COC1(C(=O)N2CCCN(C)CC2)CCNCC1. The summed E-state index contributed by atoms with van der Waals surface area (Å²) in [6, 6.07) is 0. The Balaban J connectivity index is 2.03. The van der Waals surface area contributed by atoms with E-state index in [1.165, 1.54) is 0 Å². The minimum atomic E-state index is -0.575. The molecule has 1 N–H and O–H groups in total. The third-order valence-corrected chi connectivity index (χ3v) is 4.20. The van der Waals surface area contributed by atoms with Gasteiger partial charge in [0.15, 0.2) is 0 Å². The van der Waals surface area contributed by atoms with E-state index in [1.807, 2.05) is 4.90 Å². The van der Waals surface area contributed by atoms with Crippen molar-refractivity contribution in [2.45, 2.75) is 24.9 Å². The van der Waals surface area contributed by atoms with Gasteiger partial charge in [0.05, 0.1) is 0 Å². The highest BCUT2D eigenvalue weighted by molar-refractivity contribution is 5.85. The zero-order valence-electron chi connectivity index (χ0n) is 11.6. The molecule has 0 aromatic carbocycles. The van der Waals surface area contributed by atoms with Crippen molar-refractivity contribution in [3.05, 3.63) is 0 Å². The molecule has 1 amide bonds. The van der Waals surface area contributed by atoms with Gasteiger partial charge in [-0.25, -0.2) is 0 Å². The fourth-order valence-corrected chi connectivity index (χ4v) is 2.87. The average molecular weight is 255 g/mol. The number of likely N-dealkylation sites (N-methyl/N-ethyl adjacent to an activating group) is 1. The van der Waals surface area contributed by atoms with Crippen molar-refractivity contribution < 1.29 is 9.53 Å². The molecule has 5 heteroatoms. The maximum atomic E-state index is 12.7. The van der Waals surface area contributed by atoms with E-state index in [-0.39, 0.29) is 5.91 Å². The predicted octanol–water partition coefficient (Wildman–Crippen LogP) is -0.0809. The van der Waals surface area contributed by atoms with Gasteiger partial charge in [-0.15, -0.1) is 0 Å². The van der Waals surface area contributed by atoms with Gasteiger partial charge < -0.3 is 19.9 Å². The normalized spacial score (nSPS) is 25.8. The molecule has 0 atom stereocenters. The second kappa shape index (κ2) is 5.99. The number of piperidine rings is 1. The van der Waals surface area contributed by atoms with E-state index >= 15 is 0 Å². The molecule has 0 bridgehead atoms. The number of carbonyl (C=O) groups is 1. The van der Waals surface area contributed by atoms with Gasteiger partial charge in [-0.1, -0.05) is 0 Å². The maximum absolute atomic E-state index is 12.7. The molecular formula is C13H25N3O2. The van der Waals surface area contributed by atoms with E-state index in [4.69, 9.17) is 4.74 Å². The van der Waals surface area contributed by atoms with Crippen molar-refractivity contribution in [3.63, 3.8) is 0 Å². The number of ether oxygens (including phenoxy) is 1. The molecular weight excluding hydrogens is 230 g/mol. The molecule has 0 radical (unpaired) electrons. The second-order valence-corrected chi connectivity index (χ2v) is 5.40. The van der Waals surface area contributed by atoms with Crippen molar-refractivity contribution in [3.8, 4) is 0 Å². The summed E-state index contributed by atoms with van der Waals surface area (Å²) in [5, 5.41) is 3.29. The van der Waals surface area contributed by atoms with Crippen molar-refractivity contribution in [1.82, 2.24) is 15.1 Å². The lowest BCUT2D eigenvalue weighted by atomic mass is 9.90. The lowest BCUT2D eigenvalue weighted by molar-refractivity contribution is -0.158. The monoisotopic (exact) mass is 255 g/mol. The molecule has 0 unspecified atom stereocenters. The molecule has 2 aliphatic heterocycles. The molecule has 2 rings (SSSR count). The minimum Gasteiger partial charge on any atom is -0.368 e. The summed E-state index contributed by atoms with van der Waals surface area (Å²) in [5.74, 6) is 0.196. The van der Waals surface area contributed by atoms with Gasteiger partial charge in [0.25, 0.3) is 5.91 Å². The summed E-state index contributed by atoms with van der Waals surface area (Å²) < 4.78 is 5.62. The summed E-state index contributed by atoms with van der Waals surface area (Å²) >= 11 is 0. The first-order chi connectivity index (χ1) is 8.68. The third-order valence-electron chi connectivity index (χ3n) is 4.20. The Labute approximate surface area is 109 Å². The van der Waals surface area contributed by atoms with E-state index in [9.17, 15) is 4.79 Å². The molecule has 0 aliphatic carbocycles. The Hall–Kier alpha value is -0.650. The van der Waals surface area contributed by atoms with Crippen molar-refractivity contribution in [1.29, 1.82) is 0 Å². The summed E-state index contributed by atoms with van der Waals surface area (Å²) in [5.41, 5.74) is -0.575. The molecule has 104 valence electrons. The van der Waals surface area contributed by atoms with E-state index in [0.29, 0.717) is 0 Å². The van der Waals surface area contributed by atoms with E-state index < -0.39 is 5.60 Å². The van der Waals surface area contributed by atoms with Gasteiger partial charge in [-0.3, -0.25) is 4.79 Å². The molecule has 2 aliphatic rings. The average Bonchev–Trinajstić information content (AvgIpc) is 2.63. The van der Waals surface area contributed by atoms with Gasteiger partial charge in [-0.2, -0.15) is 0 Å². The smallest absolute Gasteiger partial charge is 0.254 e. The predicted molar refractivity (Wildman–Crippen MR) is 70.5 cm³/mol. The summed E-state index contributed by atoms with van der Waals surface area (Å²) in [4.78, 5) is 17.0. The van der Waals surface area contributed by atoms with Crippen LogP contribution in [-0.4, -0.2) is 74.7 Å². The molecule has 2 fully saturated rings. The van der Waals surface area contributed by atoms with Crippen molar-refractivity contribution in [2.24, 2.45) is 0 Å². The number of methoxy groups -OCH3 is 1. The van der Waals surface area contributed by atoms with E-state index in [1.54, 1.807) is 7.11 Å². The highest BCUT2D eigenvalue weighted by atomic mass is 16.5. The second-order valence-electron chi connectivity index (χ2n) is 5.40. The first kappa shape index (κ1) is 13.8. The summed E-state index contributed by atoms with van der Waals surface area (Å²) in [7, 11) is 3.79. The Morgan fingerprint density at radius 1 is 1.17 bits per heavy atom. The van der Waals surface area contributed by atoms with E-state index in [2.05, 4.69) is 17.3 Å². The Morgan fingerprint density at radius 3 is 2.56 bits per heavy atom. The van der Waals surface area contributed by atoms with Crippen LogP contribution in [0, 0.1) is 0 Å². The number of hydrogen-bond acceptors (Lipinski definition) is 4. The first-order valence-electron chi connectivity index (χ1n) is 6.92. The highest BCUT2D eigenvalue weighted by Crippen LogP contribution is 2.25. The molecule has 2 saturated heterocycles. The quantitative estimate of drug-likeness (QED) is 0.749.